The average Bonchev–Trinajstić information content (AvgIpc) is 2.73. The van der Waals surface area contributed by atoms with Crippen molar-refractivity contribution in [1.82, 2.24) is 0 Å². The summed E-state index contributed by atoms with van der Waals surface area (Å²) in [6.45, 7) is 6.96. The second kappa shape index (κ2) is 4.09. The van der Waals surface area contributed by atoms with Gasteiger partial charge in [-0.25, -0.2) is 4.79 Å². The van der Waals surface area contributed by atoms with Crippen LogP contribution in [0.15, 0.2) is 30.3 Å². The molecule has 3 rings (SSSR count). The Hall–Kier alpha value is -1.31. The number of carbonyl (C=O) groups is 1. The highest BCUT2D eigenvalue weighted by atomic mass is 16.5. The van der Waals surface area contributed by atoms with Crippen LogP contribution in [0.4, 0.5) is 0 Å². The Balaban J connectivity index is 1.78. The van der Waals surface area contributed by atoms with Crippen LogP contribution < -0.4 is 0 Å². The molecule has 0 radical (unpaired) electrons. The summed E-state index contributed by atoms with van der Waals surface area (Å²) in [6, 6.07) is 9.32. The van der Waals surface area contributed by atoms with Crippen molar-refractivity contribution < 1.29 is 9.53 Å². The molecule has 2 aliphatic rings. The molecule has 0 amide bonds. The van der Waals surface area contributed by atoms with Gasteiger partial charge in [-0.05, 0) is 42.7 Å². The summed E-state index contributed by atoms with van der Waals surface area (Å²) in [7, 11) is 0. The third-order valence-electron chi connectivity index (χ3n) is 5.97. The molecule has 2 nitrogen and oxygen atoms in total. The van der Waals surface area contributed by atoms with Crippen molar-refractivity contribution in [2.45, 2.75) is 46.1 Å². The van der Waals surface area contributed by atoms with Gasteiger partial charge in [0.25, 0.3) is 0 Å². The fourth-order valence-corrected chi connectivity index (χ4v) is 4.08. The summed E-state index contributed by atoms with van der Waals surface area (Å²) < 4.78 is 5.83. The molecule has 2 fully saturated rings. The summed E-state index contributed by atoms with van der Waals surface area (Å²) >= 11 is 0. The SMILES string of the molecule is CC1(C)C2CC[C@]1(C)C(OC(=O)c1ccccc1)C2. The predicted octanol–water partition coefficient (Wildman–Crippen LogP) is 4.06. The maximum Gasteiger partial charge on any atom is 0.338 e. The smallest absolute Gasteiger partial charge is 0.338 e. The van der Waals surface area contributed by atoms with Gasteiger partial charge in [-0.1, -0.05) is 39.0 Å². The first-order valence-electron chi connectivity index (χ1n) is 7.21. The molecule has 1 aromatic carbocycles. The zero-order valence-electron chi connectivity index (χ0n) is 12.0. The van der Waals surface area contributed by atoms with Crippen molar-refractivity contribution in [3.8, 4) is 0 Å². The third kappa shape index (κ3) is 1.73. The van der Waals surface area contributed by atoms with E-state index in [2.05, 4.69) is 20.8 Å². The van der Waals surface area contributed by atoms with Crippen LogP contribution in [0.3, 0.4) is 0 Å². The summed E-state index contributed by atoms with van der Waals surface area (Å²) in [4.78, 5) is 12.2. The molecular weight excluding hydrogens is 236 g/mol. The van der Waals surface area contributed by atoms with Gasteiger partial charge >= 0.3 is 5.97 Å². The zero-order chi connectivity index (χ0) is 13.7. The number of hydrogen-bond donors (Lipinski definition) is 0. The fraction of sp³-hybridized carbons (Fsp3) is 0.588. The Bertz CT molecular complexity index is 491. The minimum atomic E-state index is -0.171. The zero-order valence-corrected chi connectivity index (χ0v) is 12.0. The van der Waals surface area contributed by atoms with Crippen molar-refractivity contribution in [1.29, 1.82) is 0 Å². The molecule has 0 heterocycles. The van der Waals surface area contributed by atoms with E-state index in [-0.39, 0.29) is 22.9 Å². The van der Waals surface area contributed by atoms with Crippen LogP contribution in [-0.4, -0.2) is 12.1 Å². The highest BCUT2D eigenvalue weighted by molar-refractivity contribution is 5.89. The monoisotopic (exact) mass is 258 g/mol. The molecule has 2 heteroatoms. The molecule has 0 aliphatic heterocycles. The Morgan fingerprint density at radius 3 is 2.42 bits per heavy atom. The second-order valence-corrected chi connectivity index (χ2v) is 6.87. The molecule has 0 N–H and O–H groups in total. The van der Waals surface area contributed by atoms with Crippen LogP contribution in [0.2, 0.25) is 0 Å². The number of rotatable bonds is 2. The van der Waals surface area contributed by atoms with Gasteiger partial charge in [-0.15, -0.1) is 0 Å². The van der Waals surface area contributed by atoms with Crippen LogP contribution in [-0.2, 0) is 4.74 Å². The highest BCUT2D eigenvalue weighted by Crippen LogP contribution is 2.66. The Kier molecular flexibility index (Phi) is 2.74. The Labute approximate surface area is 115 Å². The minimum absolute atomic E-state index is 0.0777. The van der Waals surface area contributed by atoms with E-state index in [0.29, 0.717) is 11.5 Å². The lowest BCUT2D eigenvalue weighted by Crippen LogP contribution is -2.38. The highest BCUT2D eigenvalue weighted by Gasteiger charge is 2.62. The quantitative estimate of drug-likeness (QED) is 0.748. The van der Waals surface area contributed by atoms with Crippen LogP contribution in [0.1, 0.15) is 50.4 Å². The third-order valence-corrected chi connectivity index (χ3v) is 5.97. The van der Waals surface area contributed by atoms with Crippen molar-refractivity contribution >= 4 is 5.97 Å². The molecule has 2 saturated carbocycles. The normalized spacial score (nSPS) is 35.3. The number of fused-ring (bicyclic) bond motifs is 2. The molecule has 102 valence electrons. The van der Waals surface area contributed by atoms with Gasteiger partial charge < -0.3 is 4.74 Å². The topological polar surface area (TPSA) is 26.3 Å². The van der Waals surface area contributed by atoms with Gasteiger partial charge in [0.1, 0.15) is 6.10 Å². The number of carbonyl (C=O) groups excluding carboxylic acids is 1. The summed E-state index contributed by atoms with van der Waals surface area (Å²) in [5, 5.41) is 0. The molecule has 2 bridgehead atoms. The van der Waals surface area contributed by atoms with E-state index >= 15 is 0 Å². The minimum Gasteiger partial charge on any atom is -0.458 e. The maximum absolute atomic E-state index is 12.2. The number of ether oxygens (including phenoxy) is 1. The number of esters is 1. The van der Waals surface area contributed by atoms with Gasteiger partial charge in [-0.2, -0.15) is 0 Å². The fourth-order valence-electron chi connectivity index (χ4n) is 4.08. The molecule has 19 heavy (non-hydrogen) atoms. The van der Waals surface area contributed by atoms with Gasteiger partial charge in [0, 0.05) is 5.41 Å². The van der Waals surface area contributed by atoms with E-state index in [1.54, 1.807) is 0 Å². The Morgan fingerprint density at radius 2 is 1.89 bits per heavy atom. The van der Waals surface area contributed by atoms with Crippen LogP contribution >= 0.6 is 0 Å². The van der Waals surface area contributed by atoms with E-state index in [4.69, 9.17) is 4.74 Å². The average molecular weight is 258 g/mol. The van der Waals surface area contributed by atoms with E-state index in [1.165, 1.54) is 12.8 Å². The lowest BCUT2D eigenvalue weighted by atomic mass is 9.70. The van der Waals surface area contributed by atoms with Crippen molar-refractivity contribution in [3.63, 3.8) is 0 Å². The summed E-state index contributed by atoms with van der Waals surface area (Å²) in [6.07, 6.45) is 3.57. The largest absolute Gasteiger partial charge is 0.458 e. The first-order valence-corrected chi connectivity index (χ1v) is 7.21. The number of benzene rings is 1. The van der Waals surface area contributed by atoms with E-state index in [0.717, 1.165) is 6.42 Å². The summed E-state index contributed by atoms with van der Waals surface area (Å²) in [5.74, 6) is 0.529. The van der Waals surface area contributed by atoms with Crippen molar-refractivity contribution in [3.05, 3.63) is 35.9 Å². The van der Waals surface area contributed by atoms with E-state index < -0.39 is 0 Å². The van der Waals surface area contributed by atoms with Crippen LogP contribution in [0, 0.1) is 16.7 Å². The standard InChI is InChI=1S/C17H22O2/c1-16(2)13-9-10-17(16,3)14(11-13)19-15(18)12-7-5-4-6-8-12/h4-8,13-14H,9-11H2,1-3H3/t13?,14?,17-/m1/s1. The van der Waals surface area contributed by atoms with Crippen LogP contribution in [0.5, 0.6) is 0 Å². The van der Waals surface area contributed by atoms with Gasteiger partial charge in [0.15, 0.2) is 0 Å². The summed E-state index contributed by atoms with van der Waals surface area (Å²) in [5.41, 5.74) is 1.09. The van der Waals surface area contributed by atoms with E-state index in [1.807, 2.05) is 30.3 Å². The Morgan fingerprint density at radius 1 is 1.21 bits per heavy atom. The molecule has 3 atom stereocenters. The second-order valence-electron chi connectivity index (χ2n) is 6.87. The van der Waals surface area contributed by atoms with Gasteiger partial charge in [-0.3, -0.25) is 0 Å². The van der Waals surface area contributed by atoms with Gasteiger partial charge in [0.05, 0.1) is 5.56 Å². The van der Waals surface area contributed by atoms with Crippen molar-refractivity contribution in [2.75, 3.05) is 0 Å². The molecule has 2 aliphatic carbocycles. The van der Waals surface area contributed by atoms with Crippen LogP contribution in [0.25, 0.3) is 0 Å². The molecule has 1 aromatic rings. The first-order chi connectivity index (χ1) is 8.95. The molecule has 0 saturated heterocycles. The molecular formula is C17H22O2. The molecule has 2 unspecified atom stereocenters. The number of hydrogen-bond acceptors (Lipinski definition) is 2. The molecule has 0 aromatic heterocycles. The lowest BCUT2D eigenvalue weighted by molar-refractivity contribution is -0.0242. The van der Waals surface area contributed by atoms with Gasteiger partial charge in [0.2, 0.25) is 0 Å². The molecule has 0 spiro atoms. The first kappa shape index (κ1) is 12.7. The predicted molar refractivity (Wildman–Crippen MR) is 74.9 cm³/mol. The lowest BCUT2D eigenvalue weighted by Gasteiger charge is -2.38. The van der Waals surface area contributed by atoms with Crippen molar-refractivity contribution in [2.24, 2.45) is 16.7 Å². The maximum atomic E-state index is 12.2. The van der Waals surface area contributed by atoms with E-state index in [9.17, 15) is 4.79 Å².